The zero-order valence-electron chi connectivity index (χ0n) is 12.0. The second-order valence-corrected chi connectivity index (χ2v) is 4.49. The first-order valence-corrected chi connectivity index (χ1v) is 6.58. The van der Waals surface area contributed by atoms with Crippen LogP contribution >= 0.6 is 0 Å². The molecule has 2 unspecified atom stereocenters. The summed E-state index contributed by atoms with van der Waals surface area (Å²) in [6.45, 7) is 11.2. The third kappa shape index (κ3) is 6.03. The molecule has 4 nitrogen and oxygen atoms in total. The highest BCUT2D eigenvalue weighted by Gasteiger charge is 2.23. The number of nitrogens with one attached hydrogen (secondary N) is 1. The van der Waals surface area contributed by atoms with Gasteiger partial charge in [-0.15, -0.1) is 0 Å². The van der Waals surface area contributed by atoms with Gasteiger partial charge in [0.1, 0.15) is 0 Å². The Labute approximate surface area is 106 Å². The van der Waals surface area contributed by atoms with Crippen LogP contribution in [0.2, 0.25) is 0 Å². The van der Waals surface area contributed by atoms with Crippen LogP contribution in [0, 0.1) is 5.92 Å². The number of amides is 1. The Morgan fingerprint density at radius 3 is 2.47 bits per heavy atom. The van der Waals surface area contributed by atoms with Crippen molar-refractivity contribution in [1.82, 2.24) is 10.2 Å². The molecule has 0 rings (SSSR count). The van der Waals surface area contributed by atoms with Gasteiger partial charge < -0.3 is 15.0 Å². The summed E-state index contributed by atoms with van der Waals surface area (Å²) in [4.78, 5) is 14.2. The number of ether oxygens (including phenoxy) is 1. The van der Waals surface area contributed by atoms with Crippen LogP contribution in [-0.4, -0.2) is 50.2 Å². The van der Waals surface area contributed by atoms with Gasteiger partial charge in [0.15, 0.2) is 0 Å². The molecule has 0 heterocycles. The molecule has 0 aliphatic rings. The Kier molecular flexibility index (Phi) is 9.09. The minimum atomic E-state index is 0.0285. The normalized spacial score (nSPS) is 14.4. The lowest BCUT2D eigenvalue weighted by atomic mass is 10.1. The molecular formula is C13H28N2O2. The largest absolute Gasteiger partial charge is 0.383 e. The zero-order chi connectivity index (χ0) is 13.3. The van der Waals surface area contributed by atoms with Crippen LogP contribution in [-0.2, 0) is 9.53 Å². The minimum absolute atomic E-state index is 0.0285. The molecule has 0 aromatic rings. The van der Waals surface area contributed by atoms with Gasteiger partial charge in [0.2, 0.25) is 5.91 Å². The van der Waals surface area contributed by atoms with Gasteiger partial charge in [0.25, 0.3) is 0 Å². The molecule has 2 atom stereocenters. The molecule has 0 saturated carbocycles. The standard InChI is InChI=1S/C13H28N2O2/c1-6-12(4)15(8-9-17-5)13(16)11(3)10-14-7-2/h11-12,14H,6-10H2,1-5H3. The maximum atomic E-state index is 12.3. The maximum absolute atomic E-state index is 12.3. The zero-order valence-corrected chi connectivity index (χ0v) is 12.0. The second kappa shape index (κ2) is 9.42. The summed E-state index contributed by atoms with van der Waals surface area (Å²) in [5, 5.41) is 3.22. The first-order valence-electron chi connectivity index (χ1n) is 6.58. The third-order valence-electron chi connectivity index (χ3n) is 3.06. The number of hydrogen-bond acceptors (Lipinski definition) is 3. The highest BCUT2D eigenvalue weighted by atomic mass is 16.5. The molecule has 102 valence electrons. The lowest BCUT2D eigenvalue weighted by molar-refractivity contribution is -0.137. The molecule has 0 aromatic heterocycles. The smallest absolute Gasteiger partial charge is 0.227 e. The van der Waals surface area contributed by atoms with Crippen molar-refractivity contribution in [3.63, 3.8) is 0 Å². The first kappa shape index (κ1) is 16.4. The van der Waals surface area contributed by atoms with Crippen molar-refractivity contribution < 1.29 is 9.53 Å². The van der Waals surface area contributed by atoms with E-state index < -0.39 is 0 Å². The van der Waals surface area contributed by atoms with Gasteiger partial charge >= 0.3 is 0 Å². The van der Waals surface area contributed by atoms with Gasteiger partial charge in [-0.25, -0.2) is 0 Å². The van der Waals surface area contributed by atoms with Crippen molar-refractivity contribution in [2.24, 2.45) is 5.92 Å². The fourth-order valence-electron chi connectivity index (χ4n) is 1.69. The van der Waals surface area contributed by atoms with Gasteiger partial charge in [0.05, 0.1) is 6.61 Å². The lowest BCUT2D eigenvalue weighted by Crippen LogP contribution is -2.45. The van der Waals surface area contributed by atoms with Crippen LogP contribution < -0.4 is 5.32 Å². The Hall–Kier alpha value is -0.610. The van der Waals surface area contributed by atoms with Crippen molar-refractivity contribution in [3.8, 4) is 0 Å². The van der Waals surface area contributed by atoms with Crippen molar-refractivity contribution in [2.75, 3.05) is 33.4 Å². The predicted molar refractivity (Wildman–Crippen MR) is 71.0 cm³/mol. The average Bonchev–Trinajstić information content (AvgIpc) is 2.35. The fourth-order valence-corrected chi connectivity index (χ4v) is 1.69. The molecule has 0 spiro atoms. The average molecular weight is 244 g/mol. The SMILES string of the molecule is CCNCC(C)C(=O)N(CCOC)C(C)CC. The Balaban J connectivity index is 4.39. The third-order valence-corrected chi connectivity index (χ3v) is 3.06. The molecular weight excluding hydrogens is 216 g/mol. The molecule has 17 heavy (non-hydrogen) atoms. The number of carbonyl (C=O) groups is 1. The Bertz CT molecular complexity index is 210. The number of hydrogen-bond donors (Lipinski definition) is 1. The van der Waals surface area contributed by atoms with Crippen LogP contribution in [0.5, 0.6) is 0 Å². The van der Waals surface area contributed by atoms with Gasteiger partial charge in [-0.05, 0) is 19.9 Å². The molecule has 1 amide bonds. The van der Waals surface area contributed by atoms with Crippen molar-refractivity contribution >= 4 is 5.91 Å². The summed E-state index contributed by atoms with van der Waals surface area (Å²) in [7, 11) is 1.67. The molecule has 1 N–H and O–H groups in total. The van der Waals surface area contributed by atoms with Crippen molar-refractivity contribution in [2.45, 2.75) is 40.2 Å². The van der Waals surface area contributed by atoms with E-state index in [-0.39, 0.29) is 17.9 Å². The van der Waals surface area contributed by atoms with E-state index in [0.717, 1.165) is 19.5 Å². The van der Waals surface area contributed by atoms with E-state index in [1.807, 2.05) is 11.8 Å². The van der Waals surface area contributed by atoms with E-state index in [4.69, 9.17) is 4.74 Å². The summed E-state index contributed by atoms with van der Waals surface area (Å²) >= 11 is 0. The van der Waals surface area contributed by atoms with E-state index in [2.05, 4.69) is 26.1 Å². The molecule has 0 radical (unpaired) electrons. The molecule has 0 aliphatic heterocycles. The second-order valence-electron chi connectivity index (χ2n) is 4.49. The number of methoxy groups -OCH3 is 1. The molecule has 4 heteroatoms. The van der Waals surface area contributed by atoms with E-state index >= 15 is 0 Å². The van der Waals surface area contributed by atoms with Crippen LogP contribution in [0.1, 0.15) is 34.1 Å². The van der Waals surface area contributed by atoms with Gasteiger partial charge in [-0.2, -0.15) is 0 Å². The summed E-state index contributed by atoms with van der Waals surface area (Å²) < 4.78 is 5.07. The molecule has 0 bridgehead atoms. The summed E-state index contributed by atoms with van der Waals surface area (Å²) in [6.07, 6.45) is 0.976. The summed E-state index contributed by atoms with van der Waals surface area (Å²) in [6, 6.07) is 0.279. The lowest BCUT2D eigenvalue weighted by Gasteiger charge is -2.31. The highest BCUT2D eigenvalue weighted by Crippen LogP contribution is 2.09. The quantitative estimate of drug-likeness (QED) is 0.668. The molecule has 0 saturated heterocycles. The Morgan fingerprint density at radius 2 is 2.00 bits per heavy atom. The predicted octanol–water partition coefficient (Wildman–Crippen LogP) is 1.51. The van der Waals surface area contributed by atoms with E-state index in [1.165, 1.54) is 0 Å². The van der Waals surface area contributed by atoms with E-state index in [0.29, 0.717) is 13.2 Å². The number of rotatable bonds is 9. The summed E-state index contributed by atoms with van der Waals surface area (Å²) in [5.41, 5.74) is 0. The molecule has 0 aliphatic carbocycles. The number of carbonyl (C=O) groups excluding carboxylic acids is 1. The van der Waals surface area contributed by atoms with Crippen LogP contribution in [0.4, 0.5) is 0 Å². The molecule has 0 fully saturated rings. The summed E-state index contributed by atoms with van der Waals surface area (Å²) in [5.74, 6) is 0.248. The van der Waals surface area contributed by atoms with E-state index in [1.54, 1.807) is 7.11 Å². The fraction of sp³-hybridized carbons (Fsp3) is 0.923. The van der Waals surface area contributed by atoms with Gasteiger partial charge in [-0.1, -0.05) is 20.8 Å². The van der Waals surface area contributed by atoms with Crippen molar-refractivity contribution in [1.29, 1.82) is 0 Å². The number of nitrogens with zero attached hydrogens (tertiary/aromatic N) is 1. The first-order chi connectivity index (χ1) is 8.08. The van der Waals surface area contributed by atoms with E-state index in [9.17, 15) is 4.79 Å². The Morgan fingerprint density at radius 1 is 1.35 bits per heavy atom. The maximum Gasteiger partial charge on any atom is 0.227 e. The van der Waals surface area contributed by atoms with Gasteiger partial charge in [-0.3, -0.25) is 4.79 Å². The highest BCUT2D eigenvalue weighted by molar-refractivity contribution is 5.79. The van der Waals surface area contributed by atoms with Crippen LogP contribution in [0.3, 0.4) is 0 Å². The topological polar surface area (TPSA) is 41.6 Å². The minimum Gasteiger partial charge on any atom is -0.383 e. The van der Waals surface area contributed by atoms with Crippen LogP contribution in [0.25, 0.3) is 0 Å². The van der Waals surface area contributed by atoms with Gasteiger partial charge in [0, 0.05) is 32.2 Å². The monoisotopic (exact) mass is 244 g/mol. The molecule has 0 aromatic carbocycles. The van der Waals surface area contributed by atoms with Crippen molar-refractivity contribution in [3.05, 3.63) is 0 Å². The van der Waals surface area contributed by atoms with Crippen LogP contribution in [0.15, 0.2) is 0 Å².